The Bertz CT molecular complexity index is 1130. The first-order chi connectivity index (χ1) is 14.7. The molecule has 4 aromatic rings. The van der Waals surface area contributed by atoms with Crippen LogP contribution in [0.4, 0.5) is 5.69 Å². The van der Waals surface area contributed by atoms with Gasteiger partial charge in [-0.2, -0.15) is 0 Å². The van der Waals surface area contributed by atoms with Gasteiger partial charge in [-0.3, -0.25) is 9.78 Å². The van der Waals surface area contributed by atoms with Crippen molar-refractivity contribution in [2.24, 2.45) is 0 Å². The molecule has 30 heavy (non-hydrogen) atoms. The molecule has 1 amide bonds. The molecule has 1 N–H and O–H groups in total. The van der Waals surface area contributed by atoms with E-state index in [0.717, 1.165) is 23.6 Å². The molecule has 0 saturated heterocycles. The normalized spacial score (nSPS) is 10.7. The molecule has 1 aromatic carbocycles. The summed E-state index contributed by atoms with van der Waals surface area (Å²) in [6.07, 6.45) is 6.08. The lowest BCUT2D eigenvalue weighted by molar-refractivity contribution is 0.102. The van der Waals surface area contributed by atoms with E-state index in [0.29, 0.717) is 16.3 Å². The Kier molecular flexibility index (Phi) is 6.20. The van der Waals surface area contributed by atoms with Gasteiger partial charge in [0.05, 0.1) is 11.3 Å². The maximum Gasteiger partial charge on any atom is 0.258 e. The number of thioether (sulfide) groups is 1. The third kappa shape index (κ3) is 5.12. The molecule has 6 nitrogen and oxygen atoms in total. The molecule has 3 heterocycles. The first kappa shape index (κ1) is 19.8. The van der Waals surface area contributed by atoms with Crippen LogP contribution in [0.15, 0.2) is 82.7 Å². The standard InChI is InChI=1S/C23H20N4O2S/c1-16-13-20(27-29-16)15-30-23-21(3-2-10-25-23)22(28)26-19-6-4-17(5-7-19)14-18-8-11-24-12-9-18/h2-13H,14-15H2,1H3,(H,26,28). The van der Waals surface area contributed by atoms with Crippen molar-refractivity contribution < 1.29 is 9.32 Å². The Morgan fingerprint density at radius 2 is 1.80 bits per heavy atom. The molecular weight excluding hydrogens is 396 g/mol. The Morgan fingerprint density at radius 1 is 1.03 bits per heavy atom. The van der Waals surface area contributed by atoms with Crippen LogP contribution < -0.4 is 5.32 Å². The van der Waals surface area contributed by atoms with Crippen molar-refractivity contribution in [3.63, 3.8) is 0 Å². The smallest absolute Gasteiger partial charge is 0.258 e. The fourth-order valence-electron chi connectivity index (χ4n) is 2.95. The van der Waals surface area contributed by atoms with E-state index in [4.69, 9.17) is 4.52 Å². The van der Waals surface area contributed by atoms with Crippen LogP contribution >= 0.6 is 11.8 Å². The molecule has 0 saturated carbocycles. The van der Waals surface area contributed by atoms with E-state index in [2.05, 4.69) is 20.4 Å². The number of nitrogens with zero attached hydrogens (tertiary/aromatic N) is 3. The van der Waals surface area contributed by atoms with Crippen LogP contribution in [0, 0.1) is 6.92 Å². The molecular formula is C23H20N4O2S. The highest BCUT2D eigenvalue weighted by molar-refractivity contribution is 7.98. The molecule has 0 radical (unpaired) electrons. The highest BCUT2D eigenvalue weighted by atomic mass is 32.2. The molecule has 0 fully saturated rings. The highest BCUT2D eigenvalue weighted by Gasteiger charge is 2.14. The minimum Gasteiger partial charge on any atom is -0.361 e. The number of hydrogen-bond donors (Lipinski definition) is 1. The Hall–Kier alpha value is -3.45. The van der Waals surface area contributed by atoms with Gasteiger partial charge in [-0.1, -0.05) is 29.1 Å². The fourth-order valence-corrected chi connectivity index (χ4v) is 3.82. The zero-order valence-electron chi connectivity index (χ0n) is 16.4. The zero-order valence-corrected chi connectivity index (χ0v) is 17.2. The maximum atomic E-state index is 12.8. The second-order valence-electron chi connectivity index (χ2n) is 6.76. The minimum atomic E-state index is -0.191. The summed E-state index contributed by atoms with van der Waals surface area (Å²) in [6, 6.07) is 17.3. The van der Waals surface area contributed by atoms with Gasteiger partial charge < -0.3 is 9.84 Å². The molecule has 3 aromatic heterocycles. The largest absolute Gasteiger partial charge is 0.361 e. The van der Waals surface area contributed by atoms with Gasteiger partial charge in [0.15, 0.2) is 0 Å². The van der Waals surface area contributed by atoms with Gasteiger partial charge in [-0.05, 0) is 60.9 Å². The van der Waals surface area contributed by atoms with Crippen LogP contribution in [0.25, 0.3) is 0 Å². The second kappa shape index (κ2) is 9.37. The lowest BCUT2D eigenvalue weighted by atomic mass is 10.1. The molecule has 0 bridgehead atoms. The van der Waals surface area contributed by atoms with Crippen molar-refractivity contribution >= 4 is 23.4 Å². The third-order valence-corrected chi connectivity index (χ3v) is 5.46. The van der Waals surface area contributed by atoms with Crippen molar-refractivity contribution in [2.45, 2.75) is 24.1 Å². The number of nitrogens with one attached hydrogen (secondary N) is 1. The first-order valence-corrected chi connectivity index (χ1v) is 10.4. The van der Waals surface area contributed by atoms with Gasteiger partial charge in [-0.25, -0.2) is 4.98 Å². The lowest BCUT2D eigenvalue weighted by Gasteiger charge is -2.09. The zero-order chi connectivity index (χ0) is 20.8. The average molecular weight is 417 g/mol. The highest BCUT2D eigenvalue weighted by Crippen LogP contribution is 2.25. The van der Waals surface area contributed by atoms with Crippen molar-refractivity contribution in [2.75, 3.05) is 5.32 Å². The first-order valence-electron chi connectivity index (χ1n) is 9.46. The average Bonchev–Trinajstić information content (AvgIpc) is 3.20. The Balaban J connectivity index is 1.41. The monoisotopic (exact) mass is 416 g/mol. The summed E-state index contributed by atoms with van der Waals surface area (Å²) in [5, 5.41) is 7.60. The second-order valence-corrected chi connectivity index (χ2v) is 7.72. The number of hydrogen-bond acceptors (Lipinski definition) is 6. The molecule has 0 aliphatic carbocycles. The number of rotatable bonds is 7. The van der Waals surface area contributed by atoms with Crippen molar-refractivity contribution in [1.82, 2.24) is 15.1 Å². The van der Waals surface area contributed by atoms with Crippen LogP contribution in [-0.4, -0.2) is 21.0 Å². The summed E-state index contributed by atoms with van der Waals surface area (Å²) in [4.78, 5) is 21.2. The summed E-state index contributed by atoms with van der Waals surface area (Å²) in [5.74, 6) is 1.15. The van der Waals surface area contributed by atoms with E-state index in [1.807, 2.05) is 49.4 Å². The van der Waals surface area contributed by atoms with Gasteiger partial charge in [0.2, 0.25) is 0 Å². The quantitative estimate of drug-likeness (QED) is 0.431. The van der Waals surface area contributed by atoms with Crippen molar-refractivity contribution in [3.8, 4) is 0 Å². The van der Waals surface area contributed by atoms with Gasteiger partial charge >= 0.3 is 0 Å². The van der Waals surface area contributed by atoms with Gasteiger partial charge in [-0.15, -0.1) is 0 Å². The molecule has 0 unspecified atom stereocenters. The van der Waals surface area contributed by atoms with E-state index in [1.54, 1.807) is 30.7 Å². The van der Waals surface area contributed by atoms with Crippen molar-refractivity contribution in [1.29, 1.82) is 0 Å². The number of pyridine rings is 2. The van der Waals surface area contributed by atoms with E-state index in [-0.39, 0.29) is 5.91 Å². The summed E-state index contributed by atoms with van der Waals surface area (Å²) in [6.45, 7) is 1.85. The number of anilines is 1. The molecule has 4 rings (SSSR count). The summed E-state index contributed by atoms with van der Waals surface area (Å²) >= 11 is 1.46. The lowest BCUT2D eigenvalue weighted by Crippen LogP contribution is -2.13. The van der Waals surface area contributed by atoms with Crippen LogP contribution in [0.1, 0.15) is 32.9 Å². The van der Waals surface area contributed by atoms with Crippen LogP contribution in [0.5, 0.6) is 0 Å². The summed E-state index contributed by atoms with van der Waals surface area (Å²) < 4.78 is 5.09. The molecule has 0 aliphatic heterocycles. The predicted molar refractivity (Wildman–Crippen MR) is 116 cm³/mol. The Morgan fingerprint density at radius 3 is 2.53 bits per heavy atom. The van der Waals surface area contributed by atoms with Crippen LogP contribution in [0.3, 0.4) is 0 Å². The summed E-state index contributed by atoms with van der Waals surface area (Å²) in [7, 11) is 0. The van der Waals surface area contributed by atoms with Crippen LogP contribution in [-0.2, 0) is 12.2 Å². The van der Waals surface area contributed by atoms with Crippen LogP contribution in [0.2, 0.25) is 0 Å². The molecule has 7 heteroatoms. The SMILES string of the molecule is Cc1cc(CSc2ncccc2C(=O)Nc2ccc(Cc3ccncc3)cc2)no1. The van der Waals surface area contributed by atoms with Gasteiger partial charge in [0.25, 0.3) is 5.91 Å². The summed E-state index contributed by atoms with van der Waals surface area (Å²) in [5.41, 5.74) is 4.45. The number of carbonyl (C=O) groups is 1. The topological polar surface area (TPSA) is 80.9 Å². The minimum absolute atomic E-state index is 0.191. The predicted octanol–water partition coefficient (Wildman–Crippen LogP) is 4.91. The van der Waals surface area contributed by atoms with E-state index in [1.165, 1.54) is 22.9 Å². The molecule has 150 valence electrons. The number of aromatic nitrogens is 3. The number of carbonyl (C=O) groups excluding carboxylic acids is 1. The molecule has 0 aliphatic rings. The fraction of sp³-hybridized carbons (Fsp3) is 0.130. The number of aryl methyl sites for hydroxylation is 1. The molecule has 0 atom stereocenters. The third-order valence-electron chi connectivity index (χ3n) is 4.42. The van der Waals surface area contributed by atoms with E-state index >= 15 is 0 Å². The van der Waals surface area contributed by atoms with Crippen molar-refractivity contribution in [3.05, 3.63) is 101 Å². The Labute approximate surface area is 178 Å². The maximum absolute atomic E-state index is 12.8. The number of amides is 1. The van der Waals surface area contributed by atoms with E-state index in [9.17, 15) is 4.79 Å². The number of benzene rings is 1. The van der Waals surface area contributed by atoms with Gasteiger partial charge in [0, 0.05) is 36.1 Å². The van der Waals surface area contributed by atoms with E-state index < -0.39 is 0 Å². The molecule has 0 spiro atoms. The van der Waals surface area contributed by atoms with Gasteiger partial charge in [0.1, 0.15) is 10.8 Å².